The zero-order valence-electron chi connectivity index (χ0n) is 13.3. The van der Waals surface area contributed by atoms with Gasteiger partial charge >= 0.3 is 0 Å². The van der Waals surface area contributed by atoms with Crippen molar-refractivity contribution >= 4 is 5.52 Å². The van der Waals surface area contributed by atoms with E-state index >= 15 is 0 Å². The Balaban J connectivity index is 1.82. The van der Waals surface area contributed by atoms with Gasteiger partial charge in [-0.05, 0) is 37.6 Å². The normalized spacial score (nSPS) is 11.2. The molecule has 0 saturated heterocycles. The van der Waals surface area contributed by atoms with E-state index in [4.69, 9.17) is 4.98 Å². The monoisotopic (exact) mass is 293 g/mol. The Hall–Kier alpha value is -2.13. The molecule has 0 spiro atoms. The molecule has 0 radical (unpaired) electrons. The molecule has 0 bridgehead atoms. The molecular formula is C19H23N3. The molecule has 0 aliphatic carbocycles. The van der Waals surface area contributed by atoms with Crippen molar-refractivity contribution in [2.75, 3.05) is 6.54 Å². The molecule has 0 fully saturated rings. The number of nitrogens with zero attached hydrogens (tertiary/aromatic N) is 2. The van der Waals surface area contributed by atoms with E-state index < -0.39 is 0 Å². The number of aryl methyl sites for hydroxylation is 3. The summed E-state index contributed by atoms with van der Waals surface area (Å²) < 4.78 is 2.22. The van der Waals surface area contributed by atoms with Crippen molar-refractivity contribution < 1.29 is 0 Å². The summed E-state index contributed by atoms with van der Waals surface area (Å²) in [6.07, 6.45) is 4.09. The number of nitrogens with one attached hydrogen (secondary N) is 1. The summed E-state index contributed by atoms with van der Waals surface area (Å²) in [6.45, 7) is 6.04. The van der Waals surface area contributed by atoms with Crippen molar-refractivity contribution in [3.05, 3.63) is 71.3 Å². The molecule has 0 unspecified atom stereocenters. The molecule has 3 aromatic rings. The quantitative estimate of drug-likeness (QED) is 0.753. The summed E-state index contributed by atoms with van der Waals surface area (Å²) in [5.74, 6) is 1.14. The molecule has 0 amide bonds. The topological polar surface area (TPSA) is 29.3 Å². The lowest BCUT2D eigenvalue weighted by molar-refractivity contribution is 0.714. The van der Waals surface area contributed by atoms with Crippen LogP contribution in [0.25, 0.3) is 5.52 Å². The van der Waals surface area contributed by atoms with E-state index in [0.717, 1.165) is 37.4 Å². The highest BCUT2D eigenvalue weighted by Crippen LogP contribution is 2.15. The second kappa shape index (κ2) is 6.75. The second-order valence-corrected chi connectivity index (χ2v) is 5.70. The lowest BCUT2D eigenvalue weighted by Gasteiger charge is -2.02. The van der Waals surface area contributed by atoms with Gasteiger partial charge in [-0.15, -0.1) is 0 Å². The Morgan fingerprint density at radius 2 is 1.86 bits per heavy atom. The number of imidazole rings is 1. The smallest absolute Gasteiger partial charge is 0.113 e. The fourth-order valence-electron chi connectivity index (χ4n) is 2.73. The van der Waals surface area contributed by atoms with Crippen LogP contribution in [0.2, 0.25) is 0 Å². The standard InChI is InChI=1S/C19H23N3/c1-3-20-14-17-18-6-4-5-13-22(18)19(21-17)12-11-16-9-7-15(2)8-10-16/h4-10,13,20H,3,11-12,14H2,1-2H3. The van der Waals surface area contributed by atoms with Crippen LogP contribution in [0.1, 0.15) is 29.6 Å². The van der Waals surface area contributed by atoms with Crippen molar-refractivity contribution in [3.8, 4) is 0 Å². The van der Waals surface area contributed by atoms with E-state index in [1.165, 1.54) is 16.6 Å². The SMILES string of the molecule is CCNCc1nc(CCc2ccc(C)cc2)n2ccccc12. The molecule has 22 heavy (non-hydrogen) atoms. The van der Waals surface area contributed by atoms with Gasteiger partial charge < -0.3 is 9.72 Å². The van der Waals surface area contributed by atoms with Gasteiger partial charge in [-0.25, -0.2) is 4.98 Å². The van der Waals surface area contributed by atoms with Crippen molar-refractivity contribution in [2.45, 2.75) is 33.2 Å². The van der Waals surface area contributed by atoms with E-state index in [0.29, 0.717) is 0 Å². The summed E-state index contributed by atoms with van der Waals surface area (Å²) in [5.41, 5.74) is 5.03. The highest BCUT2D eigenvalue weighted by atomic mass is 15.0. The number of benzene rings is 1. The van der Waals surface area contributed by atoms with E-state index in [9.17, 15) is 0 Å². The molecule has 114 valence electrons. The molecule has 3 nitrogen and oxygen atoms in total. The van der Waals surface area contributed by atoms with Crippen LogP contribution in [-0.4, -0.2) is 15.9 Å². The van der Waals surface area contributed by atoms with Crippen molar-refractivity contribution in [2.24, 2.45) is 0 Å². The number of aromatic nitrogens is 2. The van der Waals surface area contributed by atoms with Crippen LogP contribution >= 0.6 is 0 Å². The molecule has 0 aliphatic heterocycles. The van der Waals surface area contributed by atoms with Gasteiger partial charge in [-0.3, -0.25) is 0 Å². The molecule has 2 aromatic heterocycles. The predicted octanol–water partition coefficient (Wildman–Crippen LogP) is 3.54. The third-order valence-electron chi connectivity index (χ3n) is 4.00. The Kier molecular flexibility index (Phi) is 4.54. The van der Waals surface area contributed by atoms with Crippen LogP contribution < -0.4 is 5.32 Å². The zero-order chi connectivity index (χ0) is 15.4. The Bertz CT molecular complexity index is 741. The molecule has 3 rings (SSSR count). The molecule has 3 heteroatoms. The van der Waals surface area contributed by atoms with Crippen molar-refractivity contribution in [1.29, 1.82) is 0 Å². The van der Waals surface area contributed by atoms with Gasteiger partial charge in [0.2, 0.25) is 0 Å². The number of hydrogen-bond donors (Lipinski definition) is 1. The fraction of sp³-hybridized carbons (Fsp3) is 0.316. The Morgan fingerprint density at radius 1 is 1.05 bits per heavy atom. The van der Waals surface area contributed by atoms with Gasteiger partial charge in [0.25, 0.3) is 0 Å². The lowest BCUT2D eigenvalue weighted by Crippen LogP contribution is -2.12. The van der Waals surface area contributed by atoms with Gasteiger partial charge in [-0.1, -0.05) is 42.8 Å². The van der Waals surface area contributed by atoms with Crippen molar-refractivity contribution in [1.82, 2.24) is 14.7 Å². The van der Waals surface area contributed by atoms with Gasteiger partial charge in [0, 0.05) is 19.2 Å². The first kappa shape index (κ1) is 14.8. The van der Waals surface area contributed by atoms with Crippen LogP contribution in [0.15, 0.2) is 48.7 Å². The summed E-state index contributed by atoms with van der Waals surface area (Å²) in [7, 11) is 0. The molecular weight excluding hydrogens is 270 g/mol. The molecule has 1 N–H and O–H groups in total. The second-order valence-electron chi connectivity index (χ2n) is 5.70. The largest absolute Gasteiger partial charge is 0.311 e. The third kappa shape index (κ3) is 3.20. The summed E-state index contributed by atoms with van der Waals surface area (Å²) in [5, 5.41) is 3.37. The summed E-state index contributed by atoms with van der Waals surface area (Å²) in [6, 6.07) is 15.1. The summed E-state index contributed by atoms with van der Waals surface area (Å²) in [4.78, 5) is 4.86. The van der Waals surface area contributed by atoms with Gasteiger partial charge in [-0.2, -0.15) is 0 Å². The lowest BCUT2D eigenvalue weighted by atomic mass is 10.1. The minimum Gasteiger partial charge on any atom is -0.311 e. The first-order valence-electron chi connectivity index (χ1n) is 7.99. The van der Waals surface area contributed by atoms with Crippen LogP contribution in [0, 0.1) is 6.92 Å². The van der Waals surface area contributed by atoms with E-state index in [1.54, 1.807) is 0 Å². The van der Waals surface area contributed by atoms with Gasteiger partial charge in [0.15, 0.2) is 0 Å². The maximum atomic E-state index is 4.86. The highest BCUT2D eigenvalue weighted by molar-refractivity contribution is 5.53. The van der Waals surface area contributed by atoms with Crippen LogP contribution in [-0.2, 0) is 19.4 Å². The van der Waals surface area contributed by atoms with Crippen LogP contribution in [0.5, 0.6) is 0 Å². The first-order chi connectivity index (χ1) is 10.8. The van der Waals surface area contributed by atoms with Gasteiger partial charge in [0.1, 0.15) is 5.82 Å². The van der Waals surface area contributed by atoms with Crippen molar-refractivity contribution in [3.63, 3.8) is 0 Å². The predicted molar refractivity (Wildman–Crippen MR) is 91.2 cm³/mol. The minimum absolute atomic E-state index is 0.828. The molecule has 0 aliphatic rings. The average Bonchev–Trinajstić information content (AvgIpc) is 2.91. The van der Waals surface area contributed by atoms with E-state index in [2.05, 4.69) is 72.2 Å². The van der Waals surface area contributed by atoms with Gasteiger partial charge in [0.05, 0.1) is 11.2 Å². The van der Waals surface area contributed by atoms with Crippen LogP contribution in [0.3, 0.4) is 0 Å². The minimum atomic E-state index is 0.828. The molecule has 0 atom stereocenters. The molecule has 0 saturated carbocycles. The van der Waals surface area contributed by atoms with E-state index in [1.807, 2.05) is 0 Å². The highest BCUT2D eigenvalue weighted by Gasteiger charge is 2.10. The third-order valence-corrected chi connectivity index (χ3v) is 4.00. The fourth-order valence-corrected chi connectivity index (χ4v) is 2.73. The average molecular weight is 293 g/mol. The Labute approximate surface area is 132 Å². The molecule has 1 aromatic carbocycles. The Morgan fingerprint density at radius 3 is 2.64 bits per heavy atom. The maximum absolute atomic E-state index is 4.86. The maximum Gasteiger partial charge on any atom is 0.113 e. The number of fused-ring (bicyclic) bond motifs is 1. The van der Waals surface area contributed by atoms with Crippen LogP contribution in [0.4, 0.5) is 0 Å². The van der Waals surface area contributed by atoms with E-state index in [-0.39, 0.29) is 0 Å². The first-order valence-corrected chi connectivity index (χ1v) is 7.99. The number of hydrogen-bond acceptors (Lipinski definition) is 2. The molecule has 2 heterocycles. The number of rotatable bonds is 6. The number of pyridine rings is 1. The zero-order valence-corrected chi connectivity index (χ0v) is 13.3. The summed E-state index contributed by atoms with van der Waals surface area (Å²) >= 11 is 0.